The van der Waals surface area contributed by atoms with E-state index in [0.717, 1.165) is 28.5 Å². The van der Waals surface area contributed by atoms with E-state index in [4.69, 9.17) is 9.47 Å². The number of amides is 1. The first-order valence-corrected chi connectivity index (χ1v) is 9.42. The quantitative estimate of drug-likeness (QED) is 0.544. The van der Waals surface area contributed by atoms with Gasteiger partial charge in [-0.05, 0) is 48.9 Å². The first kappa shape index (κ1) is 21.0. The summed E-state index contributed by atoms with van der Waals surface area (Å²) in [7, 11) is 0. The van der Waals surface area contributed by atoms with Gasteiger partial charge in [-0.1, -0.05) is 49.7 Å². The molecule has 0 unspecified atom stereocenters. The fraction of sp³-hybridized carbons (Fsp3) is 0.208. The smallest absolute Gasteiger partial charge is 0.221 e. The van der Waals surface area contributed by atoms with Crippen molar-refractivity contribution in [2.75, 3.05) is 5.32 Å². The first-order chi connectivity index (χ1) is 13.6. The average molecular weight is 377 g/mol. The number of carbonyl (C=O) groups is 1. The minimum absolute atomic E-state index is 0.0935. The molecule has 4 heteroatoms. The molecule has 0 spiro atoms. The molecule has 3 aromatic carbocycles. The summed E-state index contributed by atoms with van der Waals surface area (Å²) in [6, 6.07) is 23.0. The van der Waals surface area contributed by atoms with Crippen LogP contribution in [-0.2, 0) is 11.4 Å². The van der Waals surface area contributed by atoms with Crippen LogP contribution in [0.2, 0.25) is 0 Å². The average Bonchev–Trinajstić information content (AvgIpc) is 2.70. The van der Waals surface area contributed by atoms with E-state index in [0.29, 0.717) is 6.61 Å². The van der Waals surface area contributed by atoms with Crippen molar-refractivity contribution in [2.45, 2.75) is 34.3 Å². The molecule has 0 aliphatic carbocycles. The van der Waals surface area contributed by atoms with Gasteiger partial charge in [0.15, 0.2) is 0 Å². The number of anilines is 1. The molecule has 0 aliphatic rings. The Kier molecular flexibility index (Phi) is 8.10. The molecule has 0 aromatic heterocycles. The molecular weight excluding hydrogens is 350 g/mol. The van der Waals surface area contributed by atoms with Crippen LogP contribution in [0.5, 0.6) is 17.2 Å². The summed E-state index contributed by atoms with van der Waals surface area (Å²) >= 11 is 0. The van der Waals surface area contributed by atoms with Gasteiger partial charge in [0.25, 0.3) is 0 Å². The number of nitrogens with one attached hydrogen (secondary N) is 1. The van der Waals surface area contributed by atoms with Crippen molar-refractivity contribution in [3.8, 4) is 17.2 Å². The molecule has 0 atom stereocenters. The molecule has 1 amide bonds. The second kappa shape index (κ2) is 10.8. The normalized spacial score (nSPS) is 9.71. The molecule has 4 nitrogen and oxygen atoms in total. The van der Waals surface area contributed by atoms with E-state index in [1.807, 2.05) is 93.6 Å². The predicted molar refractivity (Wildman–Crippen MR) is 114 cm³/mol. The first-order valence-electron chi connectivity index (χ1n) is 9.42. The Bertz CT molecular complexity index is 888. The van der Waals surface area contributed by atoms with Crippen molar-refractivity contribution in [3.63, 3.8) is 0 Å². The van der Waals surface area contributed by atoms with Crippen molar-refractivity contribution >= 4 is 11.6 Å². The number of ether oxygens (including phenoxy) is 2. The standard InChI is InChI=1S/C22H21NO3.C2H6/c1-16-9-11-20(12-10-16)26-22-8-4-7-21(14-22)25-15-18-5-3-6-19(13-18)23-17(2)24;1-2/h3-14H,15H2,1-2H3,(H,23,24);1-2H3. The zero-order valence-corrected chi connectivity index (χ0v) is 16.9. The van der Waals surface area contributed by atoms with E-state index in [-0.39, 0.29) is 5.91 Å². The van der Waals surface area contributed by atoms with Crippen LogP contribution in [0.25, 0.3) is 0 Å². The van der Waals surface area contributed by atoms with Crippen molar-refractivity contribution in [1.82, 2.24) is 0 Å². The van der Waals surface area contributed by atoms with E-state index >= 15 is 0 Å². The minimum Gasteiger partial charge on any atom is -0.489 e. The Hall–Kier alpha value is -3.27. The van der Waals surface area contributed by atoms with Gasteiger partial charge >= 0.3 is 0 Å². The Morgan fingerprint density at radius 1 is 0.857 bits per heavy atom. The highest BCUT2D eigenvalue weighted by atomic mass is 16.5. The predicted octanol–water partition coefficient (Wildman–Crippen LogP) is 6.35. The monoisotopic (exact) mass is 377 g/mol. The zero-order valence-electron chi connectivity index (χ0n) is 16.9. The molecule has 1 N–H and O–H groups in total. The van der Waals surface area contributed by atoms with Crippen LogP contribution in [0.1, 0.15) is 31.9 Å². The Balaban J connectivity index is 0.00000136. The maximum absolute atomic E-state index is 11.2. The maximum Gasteiger partial charge on any atom is 0.221 e. The van der Waals surface area contributed by atoms with Gasteiger partial charge < -0.3 is 14.8 Å². The molecule has 0 heterocycles. The van der Waals surface area contributed by atoms with Crippen LogP contribution in [0, 0.1) is 6.92 Å². The van der Waals surface area contributed by atoms with Crippen molar-refractivity contribution in [1.29, 1.82) is 0 Å². The summed E-state index contributed by atoms with van der Waals surface area (Å²) < 4.78 is 11.7. The topological polar surface area (TPSA) is 47.6 Å². The van der Waals surface area contributed by atoms with Crippen molar-refractivity contribution in [3.05, 3.63) is 83.9 Å². The van der Waals surface area contributed by atoms with Crippen LogP contribution in [0.4, 0.5) is 5.69 Å². The lowest BCUT2D eigenvalue weighted by molar-refractivity contribution is -0.114. The van der Waals surface area contributed by atoms with Crippen LogP contribution >= 0.6 is 0 Å². The SMILES string of the molecule is CC.CC(=O)Nc1cccc(COc2cccc(Oc3ccc(C)cc3)c2)c1. The number of rotatable bonds is 6. The Morgan fingerprint density at radius 3 is 2.25 bits per heavy atom. The summed E-state index contributed by atoms with van der Waals surface area (Å²) in [6.45, 7) is 7.93. The molecule has 0 saturated carbocycles. The van der Waals surface area contributed by atoms with E-state index in [9.17, 15) is 4.79 Å². The van der Waals surface area contributed by atoms with Gasteiger partial charge in [0.1, 0.15) is 23.9 Å². The van der Waals surface area contributed by atoms with Crippen molar-refractivity contribution < 1.29 is 14.3 Å². The van der Waals surface area contributed by atoms with E-state index in [1.165, 1.54) is 12.5 Å². The lowest BCUT2D eigenvalue weighted by atomic mass is 10.2. The largest absolute Gasteiger partial charge is 0.489 e. The van der Waals surface area contributed by atoms with Gasteiger partial charge in [-0.25, -0.2) is 0 Å². The number of carbonyl (C=O) groups excluding carboxylic acids is 1. The molecule has 28 heavy (non-hydrogen) atoms. The highest BCUT2D eigenvalue weighted by molar-refractivity contribution is 5.88. The fourth-order valence-electron chi connectivity index (χ4n) is 2.48. The molecule has 0 aliphatic heterocycles. The minimum atomic E-state index is -0.0935. The van der Waals surface area contributed by atoms with Gasteiger partial charge in [0, 0.05) is 18.7 Å². The van der Waals surface area contributed by atoms with E-state index < -0.39 is 0 Å². The number of aryl methyl sites for hydroxylation is 1. The molecule has 0 radical (unpaired) electrons. The van der Waals surface area contributed by atoms with Gasteiger partial charge in [0.05, 0.1) is 0 Å². The van der Waals surface area contributed by atoms with Gasteiger partial charge in [-0.3, -0.25) is 4.79 Å². The maximum atomic E-state index is 11.2. The van der Waals surface area contributed by atoms with Crippen LogP contribution in [-0.4, -0.2) is 5.91 Å². The lowest BCUT2D eigenvalue weighted by Crippen LogP contribution is -2.06. The van der Waals surface area contributed by atoms with Gasteiger partial charge in [-0.15, -0.1) is 0 Å². The third-order valence-corrected chi connectivity index (χ3v) is 3.72. The summed E-state index contributed by atoms with van der Waals surface area (Å²) in [5.74, 6) is 2.14. The summed E-state index contributed by atoms with van der Waals surface area (Å²) in [6.07, 6.45) is 0. The van der Waals surface area contributed by atoms with E-state index in [1.54, 1.807) is 0 Å². The second-order valence-corrected chi connectivity index (χ2v) is 6.06. The fourth-order valence-corrected chi connectivity index (χ4v) is 2.48. The highest BCUT2D eigenvalue weighted by Gasteiger charge is 2.02. The number of hydrogen-bond acceptors (Lipinski definition) is 3. The second-order valence-electron chi connectivity index (χ2n) is 6.06. The molecule has 146 valence electrons. The Labute approximate surface area is 167 Å². The molecule has 3 aromatic rings. The third-order valence-electron chi connectivity index (χ3n) is 3.72. The highest BCUT2D eigenvalue weighted by Crippen LogP contribution is 2.26. The van der Waals surface area contributed by atoms with Crippen molar-refractivity contribution in [2.24, 2.45) is 0 Å². The summed E-state index contributed by atoms with van der Waals surface area (Å²) in [4.78, 5) is 11.2. The number of hydrogen-bond donors (Lipinski definition) is 1. The molecule has 0 bridgehead atoms. The molecule has 3 rings (SSSR count). The number of benzene rings is 3. The van der Waals surface area contributed by atoms with Crippen LogP contribution in [0.3, 0.4) is 0 Å². The van der Waals surface area contributed by atoms with Gasteiger partial charge in [0.2, 0.25) is 5.91 Å². The Morgan fingerprint density at radius 2 is 1.54 bits per heavy atom. The molecule has 0 saturated heterocycles. The zero-order chi connectivity index (χ0) is 20.4. The van der Waals surface area contributed by atoms with Gasteiger partial charge in [-0.2, -0.15) is 0 Å². The summed E-state index contributed by atoms with van der Waals surface area (Å²) in [5, 5.41) is 2.77. The molecular formula is C24H27NO3. The van der Waals surface area contributed by atoms with Crippen LogP contribution < -0.4 is 14.8 Å². The molecule has 0 fully saturated rings. The van der Waals surface area contributed by atoms with Crippen LogP contribution in [0.15, 0.2) is 72.8 Å². The lowest BCUT2D eigenvalue weighted by Gasteiger charge is -2.10. The van der Waals surface area contributed by atoms with E-state index in [2.05, 4.69) is 5.32 Å². The third kappa shape index (κ3) is 6.80. The summed E-state index contributed by atoms with van der Waals surface area (Å²) in [5.41, 5.74) is 2.92.